The molecule has 0 aromatic carbocycles. The zero-order valence-corrected chi connectivity index (χ0v) is 10.6. The summed E-state index contributed by atoms with van der Waals surface area (Å²) in [6, 6.07) is 0. The van der Waals surface area contributed by atoms with Gasteiger partial charge >= 0.3 is 5.97 Å². The topological polar surface area (TPSA) is 59.0 Å². The summed E-state index contributed by atoms with van der Waals surface area (Å²) in [7, 11) is 0. The highest BCUT2D eigenvalue weighted by Gasteiger charge is 2.52. The summed E-state index contributed by atoms with van der Waals surface area (Å²) >= 11 is 0. The van der Waals surface area contributed by atoms with Crippen molar-refractivity contribution in [3.05, 3.63) is 0 Å². The maximum atomic E-state index is 10.6. The molecule has 0 radical (unpaired) electrons. The molecule has 1 N–H and O–H groups in total. The van der Waals surface area contributed by atoms with Crippen LogP contribution in [-0.2, 0) is 14.3 Å². The molecule has 1 fully saturated rings. The zero-order valence-electron chi connectivity index (χ0n) is 10.6. The molecule has 16 heavy (non-hydrogen) atoms. The third-order valence-electron chi connectivity index (χ3n) is 3.12. The molecule has 5 nitrogen and oxygen atoms in total. The van der Waals surface area contributed by atoms with Crippen molar-refractivity contribution in [2.45, 2.75) is 58.2 Å². The fourth-order valence-corrected chi connectivity index (χ4v) is 2.17. The second kappa shape index (κ2) is 4.31. The van der Waals surface area contributed by atoms with Crippen molar-refractivity contribution >= 4 is 5.97 Å². The Morgan fingerprint density at radius 1 is 1.44 bits per heavy atom. The van der Waals surface area contributed by atoms with Gasteiger partial charge in [-0.15, -0.1) is 0 Å². The van der Waals surface area contributed by atoms with Crippen LogP contribution in [0.5, 0.6) is 0 Å². The fraction of sp³-hybridized carbons (Fsp3) is 0.909. The Balaban J connectivity index is 2.58. The van der Waals surface area contributed by atoms with Gasteiger partial charge in [0, 0.05) is 12.5 Å². The van der Waals surface area contributed by atoms with Gasteiger partial charge in [-0.05, 0) is 34.1 Å². The lowest BCUT2D eigenvalue weighted by Crippen LogP contribution is -2.49. The summed E-state index contributed by atoms with van der Waals surface area (Å²) in [6.45, 7) is 8.98. The van der Waals surface area contributed by atoms with Gasteiger partial charge < -0.3 is 14.7 Å². The van der Waals surface area contributed by atoms with Crippen molar-refractivity contribution in [1.82, 2.24) is 5.06 Å². The molecule has 1 saturated heterocycles. The Morgan fingerprint density at radius 3 is 2.38 bits per heavy atom. The summed E-state index contributed by atoms with van der Waals surface area (Å²) < 4.78 is 10.2. The van der Waals surface area contributed by atoms with E-state index < -0.39 is 5.54 Å². The molecule has 1 heterocycles. The van der Waals surface area contributed by atoms with Crippen LogP contribution in [-0.4, -0.2) is 40.2 Å². The lowest BCUT2D eigenvalue weighted by molar-refractivity contribution is -0.211. The molecular formula is C11H21NO4. The number of hydroxylamine groups is 2. The summed E-state index contributed by atoms with van der Waals surface area (Å²) in [5.74, 6) is -0.365. The second-order valence-electron chi connectivity index (χ2n) is 5.39. The zero-order chi connectivity index (χ0) is 12.6. The molecule has 0 bridgehead atoms. The molecule has 94 valence electrons. The lowest BCUT2D eigenvalue weighted by atomic mass is 9.97. The van der Waals surface area contributed by atoms with E-state index in [1.165, 1.54) is 12.0 Å². The van der Waals surface area contributed by atoms with Gasteiger partial charge in [-0.3, -0.25) is 4.79 Å². The average Bonchev–Trinajstić information content (AvgIpc) is 2.27. The summed E-state index contributed by atoms with van der Waals surface area (Å²) in [6.07, 6.45) is 0.532. The predicted molar refractivity (Wildman–Crippen MR) is 57.9 cm³/mol. The first-order chi connectivity index (χ1) is 7.18. The van der Waals surface area contributed by atoms with Gasteiger partial charge in [0.25, 0.3) is 0 Å². The smallest absolute Gasteiger partial charge is 0.304 e. The largest absolute Gasteiger partial charge is 0.439 e. The Labute approximate surface area is 96.3 Å². The highest BCUT2D eigenvalue weighted by atomic mass is 16.7. The molecule has 1 atom stereocenters. The van der Waals surface area contributed by atoms with Gasteiger partial charge in [-0.25, -0.2) is 0 Å². The lowest BCUT2D eigenvalue weighted by Gasteiger charge is -2.35. The van der Waals surface area contributed by atoms with Crippen LogP contribution in [0.1, 0.15) is 41.0 Å². The number of hydrogen-bond donors (Lipinski definition) is 1. The van der Waals surface area contributed by atoms with Crippen LogP contribution in [0, 0.1) is 0 Å². The van der Waals surface area contributed by atoms with Crippen LogP contribution in [0.15, 0.2) is 0 Å². The Morgan fingerprint density at radius 2 is 2.00 bits per heavy atom. The number of esters is 1. The van der Waals surface area contributed by atoms with E-state index >= 15 is 0 Å². The molecule has 1 aliphatic rings. The summed E-state index contributed by atoms with van der Waals surface area (Å²) in [5, 5.41) is 11.3. The van der Waals surface area contributed by atoms with Crippen molar-refractivity contribution in [3.63, 3.8) is 0 Å². The maximum absolute atomic E-state index is 10.6. The minimum absolute atomic E-state index is 0.0622. The van der Waals surface area contributed by atoms with Gasteiger partial charge in [0.2, 0.25) is 0 Å². The molecule has 5 heteroatoms. The molecule has 1 rings (SSSR count). The van der Waals surface area contributed by atoms with E-state index in [9.17, 15) is 10.0 Å². The van der Waals surface area contributed by atoms with E-state index in [0.29, 0.717) is 6.42 Å². The minimum Gasteiger partial charge on any atom is -0.439 e. The van der Waals surface area contributed by atoms with E-state index in [2.05, 4.69) is 0 Å². The van der Waals surface area contributed by atoms with Crippen LogP contribution < -0.4 is 0 Å². The third kappa shape index (κ3) is 2.53. The van der Waals surface area contributed by atoms with E-state index in [0.717, 1.165) is 0 Å². The first kappa shape index (κ1) is 13.4. The molecule has 0 saturated carbocycles. The number of carbonyl (C=O) groups is 1. The van der Waals surface area contributed by atoms with Crippen molar-refractivity contribution in [2.75, 3.05) is 6.79 Å². The number of rotatable bonds is 3. The van der Waals surface area contributed by atoms with Crippen LogP contribution in [0.4, 0.5) is 0 Å². The van der Waals surface area contributed by atoms with E-state index in [-0.39, 0.29) is 24.4 Å². The Kier molecular flexibility index (Phi) is 3.62. The van der Waals surface area contributed by atoms with E-state index in [1.54, 1.807) is 0 Å². The van der Waals surface area contributed by atoms with E-state index in [4.69, 9.17) is 9.47 Å². The van der Waals surface area contributed by atoms with Crippen LogP contribution in [0.25, 0.3) is 0 Å². The number of hydrogen-bond acceptors (Lipinski definition) is 5. The average molecular weight is 231 g/mol. The summed E-state index contributed by atoms with van der Waals surface area (Å²) in [5.41, 5.74) is -0.811. The van der Waals surface area contributed by atoms with Gasteiger partial charge in [0.15, 0.2) is 6.79 Å². The quantitative estimate of drug-likeness (QED) is 0.590. The normalized spacial score (nSPS) is 28.0. The Bertz CT molecular complexity index is 275. The molecule has 1 aliphatic heterocycles. The Hall–Kier alpha value is -0.650. The van der Waals surface area contributed by atoms with Gasteiger partial charge in [0.05, 0.1) is 11.6 Å². The third-order valence-corrected chi connectivity index (χ3v) is 3.12. The molecule has 0 aromatic rings. The standard InChI is InChI=1S/C11H21NO4/c1-8(13)15-7-16-9-6-10(2,3)12(14)11(9,4)5/h9,14H,6-7H2,1-5H3. The molecule has 0 amide bonds. The maximum Gasteiger partial charge on any atom is 0.304 e. The van der Waals surface area contributed by atoms with Crippen molar-refractivity contribution in [1.29, 1.82) is 0 Å². The highest BCUT2D eigenvalue weighted by molar-refractivity contribution is 5.65. The van der Waals surface area contributed by atoms with Gasteiger partial charge in [-0.1, -0.05) is 0 Å². The molecule has 0 aromatic heterocycles. The number of ether oxygens (including phenoxy) is 2. The molecular weight excluding hydrogens is 210 g/mol. The molecule has 0 spiro atoms. The van der Waals surface area contributed by atoms with Gasteiger partial charge in [-0.2, -0.15) is 5.06 Å². The fourth-order valence-electron chi connectivity index (χ4n) is 2.17. The minimum atomic E-state index is -0.482. The van der Waals surface area contributed by atoms with Crippen molar-refractivity contribution in [3.8, 4) is 0 Å². The first-order valence-corrected chi connectivity index (χ1v) is 5.42. The first-order valence-electron chi connectivity index (χ1n) is 5.42. The molecule has 0 aliphatic carbocycles. The number of carbonyl (C=O) groups excluding carboxylic acids is 1. The van der Waals surface area contributed by atoms with Crippen LogP contribution >= 0.6 is 0 Å². The van der Waals surface area contributed by atoms with E-state index in [1.807, 2.05) is 27.7 Å². The van der Waals surface area contributed by atoms with Crippen molar-refractivity contribution in [2.24, 2.45) is 0 Å². The van der Waals surface area contributed by atoms with Gasteiger partial charge in [0.1, 0.15) is 0 Å². The monoisotopic (exact) mass is 231 g/mol. The SMILES string of the molecule is CC(=O)OCOC1CC(C)(C)N(O)C1(C)C. The van der Waals surface area contributed by atoms with Crippen molar-refractivity contribution < 1.29 is 19.5 Å². The van der Waals surface area contributed by atoms with Crippen LogP contribution in [0.2, 0.25) is 0 Å². The second-order valence-corrected chi connectivity index (χ2v) is 5.39. The summed E-state index contributed by atoms with van der Waals surface area (Å²) in [4.78, 5) is 10.6. The van der Waals surface area contributed by atoms with Crippen LogP contribution in [0.3, 0.4) is 0 Å². The number of nitrogens with zero attached hydrogens (tertiary/aromatic N) is 1. The highest BCUT2D eigenvalue weighted by Crippen LogP contribution is 2.40. The molecule has 1 unspecified atom stereocenters. The predicted octanol–water partition coefficient (Wildman–Crippen LogP) is 1.54.